The van der Waals surface area contributed by atoms with Gasteiger partial charge in [-0.15, -0.1) is 0 Å². The number of carbonyl (C=O) groups excluding carboxylic acids is 1. The molecule has 2 aliphatic heterocycles. The molecule has 0 bridgehead atoms. The molecule has 0 unspecified atom stereocenters. The fourth-order valence-corrected chi connectivity index (χ4v) is 3.58. The number of morpholine rings is 1. The van der Waals surface area contributed by atoms with E-state index in [0.717, 1.165) is 18.8 Å². The summed E-state index contributed by atoms with van der Waals surface area (Å²) >= 11 is 0. The lowest BCUT2D eigenvalue weighted by Gasteiger charge is -2.36. The van der Waals surface area contributed by atoms with Crippen LogP contribution < -0.4 is 9.80 Å². The molecular weight excluding hydrogens is 347 g/mol. The number of halogens is 1. The fourth-order valence-electron chi connectivity index (χ4n) is 3.58. The van der Waals surface area contributed by atoms with Crippen molar-refractivity contribution in [2.45, 2.75) is 0 Å². The van der Waals surface area contributed by atoms with E-state index in [4.69, 9.17) is 4.74 Å². The maximum Gasteiger partial charge on any atom is 0.255 e. The monoisotopic (exact) mass is 370 g/mol. The third kappa shape index (κ3) is 3.88. The molecule has 2 aromatic rings. The van der Waals surface area contributed by atoms with Gasteiger partial charge in [0.15, 0.2) is 0 Å². The summed E-state index contributed by atoms with van der Waals surface area (Å²) < 4.78 is 19.4. The first kappa shape index (κ1) is 17.7. The Hall–Kier alpha value is -2.67. The number of hydrogen-bond acceptors (Lipinski definition) is 5. The molecule has 2 aliphatic rings. The van der Waals surface area contributed by atoms with E-state index in [-0.39, 0.29) is 11.7 Å². The predicted molar refractivity (Wildman–Crippen MR) is 102 cm³/mol. The van der Waals surface area contributed by atoms with Crippen molar-refractivity contribution in [3.8, 4) is 0 Å². The summed E-state index contributed by atoms with van der Waals surface area (Å²) in [5.74, 6) is -0.245. The quantitative estimate of drug-likeness (QED) is 0.827. The van der Waals surface area contributed by atoms with Gasteiger partial charge in [-0.25, -0.2) is 4.39 Å². The van der Waals surface area contributed by atoms with Crippen LogP contribution in [0.25, 0.3) is 0 Å². The summed E-state index contributed by atoms with van der Waals surface area (Å²) in [6.07, 6.45) is 3.41. The molecule has 4 rings (SSSR count). The van der Waals surface area contributed by atoms with Crippen LogP contribution in [0.5, 0.6) is 0 Å². The Morgan fingerprint density at radius 1 is 0.963 bits per heavy atom. The van der Waals surface area contributed by atoms with Gasteiger partial charge in [-0.05, 0) is 18.2 Å². The minimum absolute atomic E-state index is 0.0224. The average molecular weight is 370 g/mol. The van der Waals surface area contributed by atoms with Crippen LogP contribution in [0.2, 0.25) is 0 Å². The topological polar surface area (TPSA) is 48.9 Å². The van der Waals surface area contributed by atoms with Gasteiger partial charge in [-0.2, -0.15) is 0 Å². The summed E-state index contributed by atoms with van der Waals surface area (Å²) in [5, 5.41) is 0. The Balaban J connectivity index is 1.41. The molecule has 2 fully saturated rings. The molecule has 0 atom stereocenters. The Morgan fingerprint density at radius 2 is 1.70 bits per heavy atom. The highest BCUT2D eigenvalue weighted by Gasteiger charge is 2.24. The van der Waals surface area contributed by atoms with Gasteiger partial charge < -0.3 is 19.4 Å². The summed E-state index contributed by atoms with van der Waals surface area (Å²) in [7, 11) is 0. The molecule has 0 N–H and O–H groups in total. The van der Waals surface area contributed by atoms with Gasteiger partial charge in [-0.1, -0.05) is 12.1 Å². The molecular formula is C20H23FN4O2. The smallest absolute Gasteiger partial charge is 0.255 e. The van der Waals surface area contributed by atoms with Crippen molar-refractivity contribution in [3.05, 3.63) is 54.1 Å². The average Bonchev–Trinajstić information content (AvgIpc) is 2.74. The zero-order valence-corrected chi connectivity index (χ0v) is 15.2. The van der Waals surface area contributed by atoms with Crippen LogP contribution in [-0.2, 0) is 4.74 Å². The summed E-state index contributed by atoms with van der Waals surface area (Å²) in [4.78, 5) is 23.1. The number of carbonyl (C=O) groups is 1. The first-order valence-electron chi connectivity index (χ1n) is 9.29. The summed E-state index contributed by atoms with van der Waals surface area (Å²) in [6, 6.07) is 8.67. The van der Waals surface area contributed by atoms with Crippen molar-refractivity contribution in [2.24, 2.45) is 0 Å². The van der Waals surface area contributed by atoms with E-state index in [1.807, 2.05) is 21.9 Å². The van der Waals surface area contributed by atoms with Crippen LogP contribution >= 0.6 is 0 Å². The molecule has 0 radical (unpaired) electrons. The van der Waals surface area contributed by atoms with Gasteiger partial charge in [0.2, 0.25) is 0 Å². The van der Waals surface area contributed by atoms with Gasteiger partial charge in [0.05, 0.1) is 36.3 Å². The second-order valence-corrected chi connectivity index (χ2v) is 6.76. The van der Waals surface area contributed by atoms with Gasteiger partial charge in [-0.3, -0.25) is 9.78 Å². The number of benzene rings is 1. The molecule has 1 amide bonds. The van der Waals surface area contributed by atoms with Crippen molar-refractivity contribution in [2.75, 3.05) is 62.3 Å². The van der Waals surface area contributed by atoms with E-state index >= 15 is 0 Å². The maximum atomic E-state index is 14.0. The number of piperazine rings is 1. The lowest BCUT2D eigenvalue weighted by Crippen LogP contribution is -2.49. The van der Waals surface area contributed by atoms with Crippen LogP contribution in [0.15, 0.2) is 42.7 Å². The molecule has 1 aromatic heterocycles. The van der Waals surface area contributed by atoms with E-state index in [1.165, 1.54) is 6.07 Å². The van der Waals surface area contributed by atoms with E-state index < -0.39 is 0 Å². The number of nitrogens with zero attached hydrogens (tertiary/aromatic N) is 4. The maximum absolute atomic E-state index is 14.0. The molecule has 0 spiro atoms. The number of ether oxygens (including phenoxy) is 1. The van der Waals surface area contributed by atoms with Crippen molar-refractivity contribution in [1.29, 1.82) is 0 Å². The zero-order valence-electron chi connectivity index (χ0n) is 15.2. The zero-order chi connectivity index (χ0) is 18.6. The van der Waals surface area contributed by atoms with Crippen molar-refractivity contribution < 1.29 is 13.9 Å². The van der Waals surface area contributed by atoms with Gasteiger partial charge in [0.1, 0.15) is 5.82 Å². The van der Waals surface area contributed by atoms with Gasteiger partial charge >= 0.3 is 0 Å². The van der Waals surface area contributed by atoms with Gasteiger partial charge in [0.25, 0.3) is 5.91 Å². The number of rotatable bonds is 3. The summed E-state index contributed by atoms with van der Waals surface area (Å²) in [5.41, 5.74) is 2.15. The van der Waals surface area contributed by atoms with Crippen LogP contribution in [0.4, 0.5) is 15.8 Å². The van der Waals surface area contributed by atoms with Crippen LogP contribution in [0.1, 0.15) is 10.4 Å². The predicted octanol–water partition coefficient (Wildman–Crippen LogP) is 2.02. The SMILES string of the molecule is O=C(c1cncc(N2CCOCC2)c1)N1CCN(c2ccccc2F)CC1. The first-order valence-corrected chi connectivity index (χ1v) is 9.29. The third-order valence-electron chi connectivity index (χ3n) is 5.11. The van der Waals surface area contributed by atoms with Gasteiger partial charge in [0, 0.05) is 45.5 Å². The lowest BCUT2D eigenvalue weighted by molar-refractivity contribution is 0.0746. The number of aromatic nitrogens is 1. The van der Waals surface area contributed by atoms with Crippen LogP contribution in [-0.4, -0.2) is 68.3 Å². The highest BCUT2D eigenvalue weighted by Crippen LogP contribution is 2.22. The van der Waals surface area contributed by atoms with E-state index in [9.17, 15) is 9.18 Å². The van der Waals surface area contributed by atoms with Crippen molar-refractivity contribution >= 4 is 17.3 Å². The lowest BCUT2D eigenvalue weighted by atomic mass is 10.2. The standard InChI is InChI=1S/C20H23FN4O2/c21-18-3-1-2-4-19(18)24-5-7-25(8-6-24)20(26)16-13-17(15-22-14-16)23-9-11-27-12-10-23/h1-4,13-15H,5-12H2. The van der Waals surface area contributed by atoms with E-state index in [1.54, 1.807) is 24.5 Å². The Kier molecular flexibility index (Phi) is 5.20. The molecule has 0 aliphatic carbocycles. The summed E-state index contributed by atoms with van der Waals surface area (Å²) in [6.45, 7) is 5.35. The van der Waals surface area contributed by atoms with E-state index in [2.05, 4.69) is 9.88 Å². The Labute approximate surface area is 158 Å². The molecule has 142 valence electrons. The highest BCUT2D eigenvalue weighted by molar-refractivity contribution is 5.95. The first-order chi connectivity index (χ1) is 13.2. The van der Waals surface area contributed by atoms with Crippen LogP contribution in [0, 0.1) is 5.82 Å². The molecule has 3 heterocycles. The highest BCUT2D eigenvalue weighted by atomic mass is 19.1. The van der Waals surface area contributed by atoms with Crippen molar-refractivity contribution in [1.82, 2.24) is 9.88 Å². The molecule has 2 saturated heterocycles. The number of pyridine rings is 1. The molecule has 7 heteroatoms. The van der Waals surface area contributed by atoms with Crippen molar-refractivity contribution in [3.63, 3.8) is 0 Å². The Morgan fingerprint density at radius 3 is 2.44 bits per heavy atom. The second kappa shape index (κ2) is 7.92. The number of hydrogen-bond donors (Lipinski definition) is 0. The molecule has 6 nitrogen and oxygen atoms in total. The second-order valence-electron chi connectivity index (χ2n) is 6.76. The minimum atomic E-state index is -0.223. The number of amides is 1. The fraction of sp³-hybridized carbons (Fsp3) is 0.400. The third-order valence-corrected chi connectivity index (χ3v) is 5.11. The van der Waals surface area contributed by atoms with E-state index in [0.29, 0.717) is 50.6 Å². The number of anilines is 2. The molecule has 27 heavy (non-hydrogen) atoms. The minimum Gasteiger partial charge on any atom is -0.378 e. The van der Waals surface area contributed by atoms with Crippen LogP contribution in [0.3, 0.4) is 0 Å². The molecule has 1 aromatic carbocycles. The largest absolute Gasteiger partial charge is 0.378 e. The Bertz CT molecular complexity index is 802. The molecule has 0 saturated carbocycles. The normalized spacial score (nSPS) is 17.9. The number of para-hydroxylation sites is 1.